The number of benzene rings is 1. The van der Waals surface area contributed by atoms with Gasteiger partial charge < -0.3 is 35.2 Å². The van der Waals surface area contributed by atoms with Crippen molar-refractivity contribution in [2.75, 3.05) is 19.8 Å². The van der Waals surface area contributed by atoms with E-state index in [1.165, 1.54) is 4.90 Å². The maximum absolute atomic E-state index is 14.1. The smallest absolute Gasteiger partial charge is 0.408 e. The van der Waals surface area contributed by atoms with E-state index in [0.29, 0.717) is 31.6 Å². The average Bonchev–Trinajstić information content (AvgIpc) is 3.26. The lowest BCUT2D eigenvalue weighted by molar-refractivity contribution is -0.145. The SMILES string of the molecule is CC#Cc1ccc([C@@H](NC(=O)[C@@H]2C[C@@H](O)CN2C(=O)[C@H](NC(=O)OC(C)(C)C)C2(C)CCOCC2)C(C)(C)O)cc1. The average molecular weight is 572 g/mol. The third-order valence-corrected chi connectivity index (χ3v) is 7.61. The van der Waals surface area contributed by atoms with Crippen molar-refractivity contribution in [3.05, 3.63) is 35.4 Å². The van der Waals surface area contributed by atoms with E-state index >= 15 is 0 Å². The Balaban J connectivity index is 1.88. The Morgan fingerprint density at radius 2 is 1.71 bits per heavy atom. The fourth-order valence-corrected chi connectivity index (χ4v) is 5.37. The van der Waals surface area contributed by atoms with Crippen molar-refractivity contribution in [3.63, 3.8) is 0 Å². The molecule has 0 spiro atoms. The second-order valence-corrected chi connectivity index (χ2v) is 12.8. The van der Waals surface area contributed by atoms with Crippen LogP contribution in [0.2, 0.25) is 0 Å². The predicted octanol–water partition coefficient (Wildman–Crippen LogP) is 2.66. The molecule has 0 bridgehead atoms. The minimum Gasteiger partial charge on any atom is -0.444 e. The van der Waals surface area contributed by atoms with E-state index in [2.05, 4.69) is 22.5 Å². The third-order valence-electron chi connectivity index (χ3n) is 7.61. The minimum atomic E-state index is -1.34. The number of hydrogen-bond donors (Lipinski definition) is 4. The zero-order chi connectivity index (χ0) is 30.6. The Kier molecular flexibility index (Phi) is 10.1. The van der Waals surface area contributed by atoms with Gasteiger partial charge >= 0.3 is 6.09 Å². The van der Waals surface area contributed by atoms with E-state index in [0.717, 1.165) is 5.56 Å². The van der Waals surface area contributed by atoms with E-state index in [9.17, 15) is 24.6 Å². The summed E-state index contributed by atoms with van der Waals surface area (Å²) in [6.45, 7) is 12.8. The number of alkyl carbamates (subject to hydrolysis) is 1. The van der Waals surface area contributed by atoms with E-state index in [1.807, 2.05) is 19.1 Å². The van der Waals surface area contributed by atoms with Gasteiger partial charge in [0.25, 0.3) is 0 Å². The molecule has 3 amide bonds. The summed E-state index contributed by atoms with van der Waals surface area (Å²) in [4.78, 5) is 42.0. The lowest BCUT2D eigenvalue weighted by Crippen LogP contribution is -2.60. The second kappa shape index (κ2) is 12.8. The largest absolute Gasteiger partial charge is 0.444 e. The number of hydrogen-bond acceptors (Lipinski definition) is 7. The number of aliphatic hydroxyl groups excluding tert-OH is 1. The van der Waals surface area contributed by atoms with Gasteiger partial charge in [0.15, 0.2) is 0 Å². The molecule has 2 aliphatic heterocycles. The number of carbonyl (C=O) groups is 3. The van der Waals surface area contributed by atoms with Crippen molar-refractivity contribution in [1.82, 2.24) is 15.5 Å². The lowest BCUT2D eigenvalue weighted by Gasteiger charge is -2.42. The summed E-state index contributed by atoms with van der Waals surface area (Å²) in [6.07, 6.45) is -0.591. The molecule has 0 aliphatic carbocycles. The second-order valence-electron chi connectivity index (χ2n) is 12.8. The Bertz CT molecular complexity index is 1150. The van der Waals surface area contributed by atoms with Crippen LogP contribution in [0.1, 0.15) is 84.9 Å². The first-order valence-corrected chi connectivity index (χ1v) is 14.2. The van der Waals surface area contributed by atoms with Crippen molar-refractivity contribution >= 4 is 17.9 Å². The summed E-state index contributed by atoms with van der Waals surface area (Å²) in [6, 6.07) is 4.42. The summed E-state index contributed by atoms with van der Waals surface area (Å²) in [5.74, 6) is 4.83. The Morgan fingerprint density at radius 1 is 1.10 bits per heavy atom. The number of β-amino-alcohol motifs (C(OH)–C–C–N with tert-alkyl or cyclic N) is 1. The highest BCUT2D eigenvalue weighted by Gasteiger charge is 2.49. The molecule has 0 saturated carbocycles. The molecule has 10 nitrogen and oxygen atoms in total. The molecule has 4 N–H and O–H groups in total. The zero-order valence-electron chi connectivity index (χ0n) is 25.2. The Labute approximate surface area is 243 Å². The van der Waals surface area contributed by atoms with Crippen LogP contribution < -0.4 is 10.6 Å². The van der Waals surface area contributed by atoms with Gasteiger partial charge in [-0.15, -0.1) is 5.92 Å². The van der Waals surface area contributed by atoms with Crippen LogP contribution in [0.15, 0.2) is 24.3 Å². The summed E-state index contributed by atoms with van der Waals surface area (Å²) in [5, 5.41) is 27.2. The summed E-state index contributed by atoms with van der Waals surface area (Å²) in [7, 11) is 0. The van der Waals surface area contributed by atoms with Gasteiger partial charge in [-0.05, 0) is 72.1 Å². The number of carbonyl (C=O) groups excluding carboxylic acids is 3. The van der Waals surface area contributed by atoms with Gasteiger partial charge in [0.1, 0.15) is 17.7 Å². The molecule has 2 heterocycles. The van der Waals surface area contributed by atoms with Crippen molar-refractivity contribution in [3.8, 4) is 11.8 Å². The maximum Gasteiger partial charge on any atom is 0.408 e. The highest BCUT2D eigenvalue weighted by molar-refractivity contribution is 5.92. The molecular weight excluding hydrogens is 526 g/mol. The first-order chi connectivity index (χ1) is 19.0. The normalized spacial score (nSPS) is 22.1. The van der Waals surface area contributed by atoms with Gasteiger partial charge in [0.05, 0.1) is 17.7 Å². The van der Waals surface area contributed by atoms with Crippen LogP contribution in [-0.2, 0) is 19.1 Å². The molecular formula is C31H45N3O7. The van der Waals surface area contributed by atoms with E-state index in [-0.39, 0.29) is 13.0 Å². The number of nitrogens with zero attached hydrogens (tertiary/aromatic N) is 1. The highest BCUT2D eigenvalue weighted by atomic mass is 16.6. The predicted molar refractivity (Wildman–Crippen MR) is 154 cm³/mol. The molecule has 2 saturated heterocycles. The third kappa shape index (κ3) is 8.44. The highest BCUT2D eigenvalue weighted by Crippen LogP contribution is 2.36. The van der Waals surface area contributed by atoms with Gasteiger partial charge in [-0.3, -0.25) is 9.59 Å². The van der Waals surface area contributed by atoms with Crippen molar-refractivity contribution in [2.24, 2.45) is 5.41 Å². The number of likely N-dealkylation sites (tertiary alicyclic amines) is 1. The lowest BCUT2D eigenvalue weighted by atomic mass is 9.75. The standard InChI is InChI=1S/C31H45N3O7/c1-8-9-20-10-12-21(13-11-20)24(30(5,6)39)32-26(36)23-18-22(35)19-34(23)27(37)25(31(7)14-16-40-17-15-31)33-28(38)41-29(2,3)4/h10-13,22-25,35,39H,14-19H2,1-7H3,(H,32,36)(H,33,38)/t22-,23+,24-,25+/m1/s1. The molecule has 3 rings (SSSR count). The van der Waals surface area contributed by atoms with Crippen LogP contribution in [0, 0.1) is 17.3 Å². The molecule has 2 fully saturated rings. The quantitative estimate of drug-likeness (QED) is 0.369. The first-order valence-electron chi connectivity index (χ1n) is 14.2. The minimum absolute atomic E-state index is 0.0279. The molecule has 2 aliphatic rings. The van der Waals surface area contributed by atoms with E-state index in [4.69, 9.17) is 9.47 Å². The number of ether oxygens (including phenoxy) is 2. The van der Waals surface area contributed by atoms with Crippen molar-refractivity contribution in [1.29, 1.82) is 0 Å². The fraction of sp³-hybridized carbons (Fsp3) is 0.645. The molecule has 4 atom stereocenters. The molecule has 0 unspecified atom stereocenters. The van der Waals surface area contributed by atoms with Crippen LogP contribution in [0.25, 0.3) is 0 Å². The molecule has 1 aromatic carbocycles. The summed E-state index contributed by atoms with van der Waals surface area (Å²) in [5.41, 5.74) is -1.29. The monoisotopic (exact) mass is 571 g/mol. The molecule has 0 aromatic heterocycles. The van der Waals surface area contributed by atoms with Crippen LogP contribution in [0.5, 0.6) is 0 Å². The van der Waals surface area contributed by atoms with Gasteiger partial charge in [-0.2, -0.15) is 0 Å². The molecule has 1 aromatic rings. The van der Waals surface area contributed by atoms with Crippen LogP contribution in [0.3, 0.4) is 0 Å². The molecule has 10 heteroatoms. The fourth-order valence-electron chi connectivity index (χ4n) is 5.37. The van der Waals surface area contributed by atoms with Gasteiger partial charge in [-0.1, -0.05) is 25.0 Å². The topological polar surface area (TPSA) is 137 Å². The zero-order valence-corrected chi connectivity index (χ0v) is 25.2. The maximum atomic E-state index is 14.1. The summed E-state index contributed by atoms with van der Waals surface area (Å²) >= 11 is 0. The molecule has 41 heavy (non-hydrogen) atoms. The van der Waals surface area contributed by atoms with Gasteiger partial charge in [-0.25, -0.2) is 4.79 Å². The van der Waals surface area contributed by atoms with E-state index < -0.39 is 58.8 Å². The number of aliphatic hydroxyl groups is 2. The Hall–Kier alpha value is -3.13. The van der Waals surface area contributed by atoms with Crippen molar-refractivity contribution < 1.29 is 34.1 Å². The van der Waals surface area contributed by atoms with Gasteiger partial charge in [0, 0.05) is 37.2 Å². The Morgan fingerprint density at radius 3 is 2.24 bits per heavy atom. The molecule has 226 valence electrons. The van der Waals surface area contributed by atoms with Gasteiger partial charge in [0.2, 0.25) is 11.8 Å². The van der Waals surface area contributed by atoms with Crippen LogP contribution in [-0.4, -0.2) is 82.2 Å². The van der Waals surface area contributed by atoms with E-state index in [1.54, 1.807) is 53.7 Å². The van der Waals surface area contributed by atoms with Crippen LogP contribution >= 0.6 is 0 Å². The number of rotatable bonds is 7. The molecule has 0 radical (unpaired) electrons. The van der Waals surface area contributed by atoms with Crippen molar-refractivity contribution in [2.45, 2.75) is 103 Å². The number of nitrogens with one attached hydrogen (secondary N) is 2. The summed E-state index contributed by atoms with van der Waals surface area (Å²) < 4.78 is 11.0. The van der Waals surface area contributed by atoms with Crippen LogP contribution in [0.4, 0.5) is 4.79 Å². The number of amides is 3. The first kappa shape index (κ1) is 32.4.